The molecule has 3 aliphatic carbocycles. The number of aryl methyl sites for hydroxylation is 4. The molecule has 0 fully saturated rings. The molecule has 5 aliphatic rings. The van der Waals surface area contributed by atoms with Gasteiger partial charge >= 0.3 is 0 Å². The lowest BCUT2D eigenvalue weighted by molar-refractivity contribution is 0.568. The highest BCUT2D eigenvalue weighted by molar-refractivity contribution is 7.00. The van der Waals surface area contributed by atoms with Crippen LogP contribution in [0.2, 0.25) is 0 Å². The monoisotopic (exact) mass is 917 g/mol. The van der Waals surface area contributed by atoms with Gasteiger partial charge in [-0.25, -0.2) is 0 Å². The first-order chi connectivity index (χ1) is 33.2. The van der Waals surface area contributed by atoms with Gasteiger partial charge in [0.15, 0.2) is 0 Å². The molecule has 3 heteroatoms. The van der Waals surface area contributed by atoms with Crippen LogP contribution in [-0.2, 0) is 47.3 Å². The summed E-state index contributed by atoms with van der Waals surface area (Å²) in [5, 5.41) is 0. The summed E-state index contributed by atoms with van der Waals surface area (Å²) in [6.07, 6.45) is 9.61. The molecular weight excluding hydrogens is 844 g/mol. The molecule has 7 aromatic rings. The SMILES string of the molecule is CC(C)(C)c1cc(N2c3cc4c(cc3B3c5cc6c(cc5N(c5cc(C(C)(C)C)cc(C(C)(C)C)c5)c5cc(C7c8ccccc8-c8ccccc87)cc2c53)CCCC6)CCCC4)cc(C(C)(C)C)c1. The molecule has 354 valence electrons. The quantitative estimate of drug-likeness (QED) is 0.163. The van der Waals surface area contributed by atoms with Gasteiger partial charge in [-0.3, -0.25) is 0 Å². The van der Waals surface area contributed by atoms with Crippen LogP contribution in [-0.4, -0.2) is 6.71 Å². The van der Waals surface area contributed by atoms with Crippen LogP contribution in [0.4, 0.5) is 34.1 Å². The first-order valence-corrected chi connectivity index (χ1v) is 26.8. The predicted octanol–water partition coefficient (Wildman–Crippen LogP) is 15.9. The number of hydrogen-bond acceptors (Lipinski definition) is 2. The number of nitrogens with zero attached hydrogens (tertiary/aromatic N) is 2. The maximum Gasteiger partial charge on any atom is 0.252 e. The molecule has 0 saturated carbocycles. The van der Waals surface area contributed by atoms with E-state index in [1.165, 1.54) is 137 Å². The van der Waals surface area contributed by atoms with Crippen molar-refractivity contribution >= 4 is 57.2 Å². The first-order valence-electron chi connectivity index (χ1n) is 26.8. The van der Waals surface area contributed by atoms with E-state index in [1.54, 1.807) is 11.1 Å². The van der Waals surface area contributed by atoms with Crippen molar-refractivity contribution in [3.8, 4) is 11.1 Å². The molecule has 0 N–H and O–H groups in total. The highest BCUT2D eigenvalue weighted by atomic mass is 15.2. The van der Waals surface area contributed by atoms with E-state index in [1.807, 2.05) is 0 Å². The zero-order valence-corrected chi connectivity index (χ0v) is 44.3. The number of benzene rings is 7. The molecule has 2 heterocycles. The number of rotatable bonds is 3. The second-order valence-corrected chi connectivity index (χ2v) is 26.0. The molecule has 7 aromatic carbocycles. The smallest absolute Gasteiger partial charge is 0.252 e. The van der Waals surface area contributed by atoms with E-state index in [0.717, 1.165) is 25.7 Å². The fourth-order valence-electron chi connectivity index (χ4n) is 12.9. The van der Waals surface area contributed by atoms with Gasteiger partial charge in [0.05, 0.1) is 0 Å². The fraction of sp³-hybridized carbons (Fsp3) is 0.373. The van der Waals surface area contributed by atoms with E-state index in [9.17, 15) is 0 Å². The Kier molecular flexibility index (Phi) is 10.3. The van der Waals surface area contributed by atoms with Crippen LogP contribution < -0.4 is 26.2 Å². The summed E-state index contributed by atoms with van der Waals surface area (Å²) >= 11 is 0. The van der Waals surface area contributed by atoms with E-state index < -0.39 is 0 Å². The molecular formula is C67H73BN2. The lowest BCUT2D eigenvalue weighted by atomic mass is 9.33. The van der Waals surface area contributed by atoms with Gasteiger partial charge in [-0.15, -0.1) is 0 Å². The zero-order chi connectivity index (χ0) is 48.8. The van der Waals surface area contributed by atoms with Crippen LogP contribution in [0.3, 0.4) is 0 Å². The predicted molar refractivity (Wildman–Crippen MR) is 301 cm³/mol. The molecule has 12 rings (SSSR count). The Morgan fingerprint density at radius 3 is 1.09 bits per heavy atom. The van der Waals surface area contributed by atoms with Crippen molar-refractivity contribution in [1.29, 1.82) is 0 Å². The standard InChI is InChI=1S/C67H73BN2/c1-64(2,3)46-35-47(65(4,5)6)38-50(37-46)69-58-31-43-23-15-13-21-41(43)29-56(58)68-57-30-42-22-14-16-24-44(42)32-59(57)70(51-39-48(66(7,8)9)36-49(40-51)67(10,11)12)61-34-45(33-60(69)63(61)68)62-54-27-19-17-25-52(54)53-26-18-20-28-55(53)62/h17-20,25-40,62H,13-16,21-24H2,1-12H3. The summed E-state index contributed by atoms with van der Waals surface area (Å²) in [4.78, 5) is 5.52. The third-order valence-electron chi connectivity index (χ3n) is 17.0. The van der Waals surface area contributed by atoms with E-state index in [0.29, 0.717) is 0 Å². The third-order valence-corrected chi connectivity index (χ3v) is 17.0. The number of anilines is 6. The average molecular weight is 917 g/mol. The number of hydrogen-bond donors (Lipinski definition) is 0. The largest absolute Gasteiger partial charge is 0.311 e. The van der Waals surface area contributed by atoms with Gasteiger partial charge in [-0.2, -0.15) is 0 Å². The molecule has 0 spiro atoms. The van der Waals surface area contributed by atoms with Gasteiger partial charge in [-0.1, -0.05) is 156 Å². The van der Waals surface area contributed by atoms with Crippen LogP contribution in [0.5, 0.6) is 0 Å². The lowest BCUT2D eigenvalue weighted by Gasteiger charge is -2.46. The Balaban J connectivity index is 1.25. The van der Waals surface area contributed by atoms with Crippen LogP contribution >= 0.6 is 0 Å². The van der Waals surface area contributed by atoms with Crippen molar-refractivity contribution < 1.29 is 0 Å². The highest BCUT2D eigenvalue weighted by Crippen LogP contribution is 2.53. The summed E-state index contributed by atoms with van der Waals surface area (Å²) in [5.74, 6) is 0.0862. The van der Waals surface area contributed by atoms with E-state index >= 15 is 0 Å². The lowest BCUT2D eigenvalue weighted by Crippen LogP contribution is -2.61. The minimum atomic E-state index is -0.0385. The van der Waals surface area contributed by atoms with Crippen LogP contribution in [0.25, 0.3) is 11.1 Å². The molecule has 0 saturated heterocycles. The molecule has 70 heavy (non-hydrogen) atoms. The average Bonchev–Trinajstić information content (AvgIpc) is 3.65. The van der Waals surface area contributed by atoms with Crippen molar-refractivity contribution in [3.05, 3.63) is 183 Å². The van der Waals surface area contributed by atoms with Gasteiger partial charge in [-0.05, 0) is 210 Å². The topological polar surface area (TPSA) is 6.48 Å². The van der Waals surface area contributed by atoms with Gasteiger partial charge in [0.2, 0.25) is 0 Å². The first kappa shape index (κ1) is 45.4. The summed E-state index contributed by atoms with van der Waals surface area (Å²) < 4.78 is 0. The molecule has 0 unspecified atom stereocenters. The summed E-state index contributed by atoms with van der Waals surface area (Å²) in [7, 11) is 0. The minimum absolute atomic E-state index is 0.0385. The third kappa shape index (κ3) is 7.34. The Bertz CT molecular complexity index is 3010. The maximum absolute atomic E-state index is 2.76. The molecule has 0 atom stereocenters. The normalized spacial score (nSPS) is 16.3. The molecule has 0 aromatic heterocycles. The molecule has 0 bridgehead atoms. The van der Waals surface area contributed by atoms with Gasteiger partial charge in [0.25, 0.3) is 6.71 Å². The number of fused-ring (bicyclic) bond motifs is 9. The minimum Gasteiger partial charge on any atom is -0.311 e. The Hall–Kier alpha value is -5.80. The molecule has 2 nitrogen and oxygen atoms in total. The van der Waals surface area contributed by atoms with Crippen LogP contribution in [0.15, 0.2) is 121 Å². The Labute approximate surface area is 420 Å². The van der Waals surface area contributed by atoms with Crippen LogP contribution in [0, 0.1) is 0 Å². The van der Waals surface area contributed by atoms with Crippen molar-refractivity contribution in [1.82, 2.24) is 0 Å². The second-order valence-electron chi connectivity index (χ2n) is 26.0. The summed E-state index contributed by atoms with van der Waals surface area (Å²) in [5.41, 5.74) is 30.7. The Morgan fingerprint density at radius 2 is 0.729 bits per heavy atom. The Morgan fingerprint density at radius 1 is 0.386 bits per heavy atom. The zero-order valence-electron chi connectivity index (χ0n) is 44.3. The van der Waals surface area contributed by atoms with Crippen molar-refractivity contribution in [2.45, 2.75) is 162 Å². The van der Waals surface area contributed by atoms with Gasteiger partial charge in [0, 0.05) is 40.0 Å². The van der Waals surface area contributed by atoms with E-state index in [4.69, 9.17) is 0 Å². The molecule has 2 aliphatic heterocycles. The summed E-state index contributed by atoms with van der Waals surface area (Å²) in [6, 6.07) is 49.7. The van der Waals surface area contributed by atoms with Crippen molar-refractivity contribution in [2.75, 3.05) is 9.80 Å². The van der Waals surface area contributed by atoms with Gasteiger partial charge in [0.1, 0.15) is 0 Å². The fourth-order valence-corrected chi connectivity index (χ4v) is 12.9. The van der Waals surface area contributed by atoms with Crippen molar-refractivity contribution in [3.63, 3.8) is 0 Å². The highest BCUT2D eigenvalue weighted by Gasteiger charge is 2.46. The van der Waals surface area contributed by atoms with E-state index in [2.05, 4.69) is 214 Å². The van der Waals surface area contributed by atoms with Crippen LogP contribution in [0.1, 0.15) is 176 Å². The van der Waals surface area contributed by atoms with Gasteiger partial charge < -0.3 is 9.80 Å². The van der Waals surface area contributed by atoms with Crippen molar-refractivity contribution in [2.24, 2.45) is 0 Å². The maximum atomic E-state index is 2.76. The van der Waals surface area contributed by atoms with E-state index in [-0.39, 0.29) is 34.3 Å². The molecule has 0 radical (unpaired) electrons. The second kappa shape index (κ2) is 15.9. The summed E-state index contributed by atoms with van der Waals surface area (Å²) in [6.45, 7) is 28.7. The molecule has 0 amide bonds.